The minimum absolute atomic E-state index is 0.222. The van der Waals surface area contributed by atoms with Gasteiger partial charge < -0.3 is 29.0 Å². The van der Waals surface area contributed by atoms with Crippen LogP contribution in [0.4, 0.5) is 0 Å². The molecular formula is C19H17NO5. The summed E-state index contributed by atoms with van der Waals surface area (Å²) in [6.07, 6.45) is 1.83. The molecule has 0 radical (unpaired) electrons. The fourth-order valence-electron chi connectivity index (χ4n) is 4.53. The van der Waals surface area contributed by atoms with Crippen LogP contribution in [0, 0.1) is 0 Å². The zero-order chi connectivity index (χ0) is 16.5. The largest absolute Gasteiger partial charge is 0.492 e. The number of fused-ring (bicyclic) bond motifs is 5. The standard InChI is InChI=1S/C19H17NO5/c1-21-17-10-2-3-20-12-4-9-5-13-14(23-7-22-13)6-11(9)16(15(10)12)18-19(17)25-8-24-18/h5-6,12,20H,2-4,7-8H2,1H3/t12-/m0/s1. The monoisotopic (exact) mass is 339 g/mol. The van der Waals surface area contributed by atoms with Gasteiger partial charge in [-0.3, -0.25) is 0 Å². The molecule has 1 N–H and O–H groups in total. The predicted molar refractivity (Wildman–Crippen MR) is 88.8 cm³/mol. The summed E-state index contributed by atoms with van der Waals surface area (Å²) in [4.78, 5) is 0. The van der Waals surface area contributed by atoms with Crippen LogP contribution in [-0.4, -0.2) is 27.2 Å². The van der Waals surface area contributed by atoms with E-state index in [1.54, 1.807) is 7.11 Å². The maximum atomic E-state index is 5.89. The van der Waals surface area contributed by atoms with Gasteiger partial charge in [0.05, 0.1) is 7.11 Å². The molecule has 1 atom stereocenters. The van der Waals surface area contributed by atoms with Crippen LogP contribution in [0.25, 0.3) is 11.1 Å². The van der Waals surface area contributed by atoms with Crippen molar-refractivity contribution in [1.29, 1.82) is 0 Å². The van der Waals surface area contributed by atoms with E-state index in [1.807, 2.05) is 0 Å². The minimum Gasteiger partial charge on any atom is -0.492 e. The lowest BCUT2D eigenvalue weighted by atomic mass is 9.76. The van der Waals surface area contributed by atoms with Crippen molar-refractivity contribution in [1.82, 2.24) is 5.32 Å². The molecule has 3 aliphatic heterocycles. The third-order valence-corrected chi connectivity index (χ3v) is 5.52. The smallest absolute Gasteiger partial charge is 0.231 e. The highest BCUT2D eigenvalue weighted by Gasteiger charge is 2.39. The van der Waals surface area contributed by atoms with Crippen molar-refractivity contribution >= 4 is 0 Å². The first kappa shape index (κ1) is 13.7. The zero-order valence-electron chi connectivity index (χ0n) is 13.8. The number of hydrogen-bond donors (Lipinski definition) is 1. The Hall–Kier alpha value is -2.60. The Balaban J connectivity index is 1.71. The van der Waals surface area contributed by atoms with E-state index in [0.717, 1.165) is 59.3 Å². The molecule has 6 nitrogen and oxygen atoms in total. The van der Waals surface area contributed by atoms with E-state index < -0.39 is 0 Å². The molecular weight excluding hydrogens is 322 g/mol. The highest BCUT2D eigenvalue weighted by atomic mass is 16.7. The van der Waals surface area contributed by atoms with Crippen molar-refractivity contribution in [3.63, 3.8) is 0 Å². The van der Waals surface area contributed by atoms with Crippen LogP contribution in [0.1, 0.15) is 22.7 Å². The molecule has 0 unspecified atom stereocenters. The average molecular weight is 339 g/mol. The molecule has 6 rings (SSSR count). The second-order valence-electron chi connectivity index (χ2n) is 6.69. The fourth-order valence-corrected chi connectivity index (χ4v) is 4.53. The van der Waals surface area contributed by atoms with Gasteiger partial charge in [0.2, 0.25) is 19.3 Å². The number of rotatable bonds is 1. The van der Waals surface area contributed by atoms with Gasteiger partial charge in [-0.2, -0.15) is 0 Å². The van der Waals surface area contributed by atoms with Gasteiger partial charge in [0, 0.05) is 17.2 Å². The van der Waals surface area contributed by atoms with E-state index in [4.69, 9.17) is 23.7 Å². The molecule has 0 bridgehead atoms. The van der Waals surface area contributed by atoms with Gasteiger partial charge >= 0.3 is 0 Å². The molecule has 0 amide bonds. The lowest BCUT2D eigenvalue weighted by Crippen LogP contribution is -2.34. The van der Waals surface area contributed by atoms with Crippen molar-refractivity contribution in [2.75, 3.05) is 27.2 Å². The quantitative estimate of drug-likeness (QED) is 0.862. The molecule has 2 aromatic carbocycles. The summed E-state index contributed by atoms with van der Waals surface area (Å²) < 4.78 is 28.5. The van der Waals surface area contributed by atoms with Crippen LogP contribution in [0.3, 0.4) is 0 Å². The second-order valence-corrected chi connectivity index (χ2v) is 6.69. The van der Waals surface area contributed by atoms with Gasteiger partial charge in [0.25, 0.3) is 0 Å². The first-order valence-corrected chi connectivity index (χ1v) is 8.53. The molecule has 4 aliphatic rings. The zero-order valence-corrected chi connectivity index (χ0v) is 13.8. The molecule has 0 saturated carbocycles. The first-order chi connectivity index (χ1) is 12.3. The molecule has 0 fully saturated rings. The van der Waals surface area contributed by atoms with Crippen LogP contribution >= 0.6 is 0 Å². The SMILES string of the molecule is COc1c2c3c(c4c1OCO4)-c1cc4c(cc1C[C@@H]3NCC2)OCO4. The van der Waals surface area contributed by atoms with Crippen LogP contribution in [-0.2, 0) is 12.8 Å². The Kier molecular flexibility index (Phi) is 2.58. The van der Waals surface area contributed by atoms with Crippen LogP contribution in [0.5, 0.6) is 28.7 Å². The van der Waals surface area contributed by atoms with Gasteiger partial charge in [0.1, 0.15) is 0 Å². The normalized spacial score (nSPS) is 20.9. The number of benzene rings is 2. The van der Waals surface area contributed by atoms with E-state index in [9.17, 15) is 0 Å². The summed E-state index contributed by atoms with van der Waals surface area (Å²) in [7, 11) is 1.70. The van der Waals surface area contributed by atoms with Gasteiger partial charge in [-0.25, -0.2) is 0 Å². The number of nitrogens with one attached hydrogen (secondary N) is 1. The third kappa shape index (κ3) is 1.67. The van der Waals surface area contributed by atoms with Crippen molar-refractivity contribution in [3.8, 4) is 39.9 Å². The number of hydrogen-bond acceptors (Lipinski definition) is 6. The minimum atomic E-state index is 0.222. The lowest BCUT2D eigenvalue weighted by molar-refractivity contribution is 0.171. The van der Waals surface area contributed by atoms with E-state index >= 15 is 0 Å². The Morgan fingerprint density at radius 1 is 1.04 bits per heavy atom. The summed E-state index contributed by atoms with van der Waals surface area (Å²) in [6.45, 7) is 1.42. The molecule has 0 aromatic heterocycles. The maximum Gasteiger partial charge on any atom is 0.231 e. The van der Waals surface area contributed by atoms with Gasteiger partial charge in [-0.15, -0.1) is 0 Å². The van der Waals surface area contributed by atoms with Crippen molar-refractivity contribution in [3.05, 3.63) is 28.8 Å². The molecule has 1 aliphatic carbocycles. The molecule has 3 heterocycles. The maximum absolute atomic E-state index is 5.89. The summed E-state index contributed by atoms with van der Waals surface area (Å²) in [5.41, 5.74) is 6.00. The summed E-state index contributed by atoms with van der Waals surface area (Å²) >= 11 is 0. The molecule has 128 valence electrons. The number of ether oxygens (including phenoxy) is 5. The van der Waals surface area contributed by atoms with E-state index in [-0.39, 0.29) is 19.6 Å². The topological polar surface area (TPSA) is 58.2 Å². The van der Waals surface area contributed by atoms with Crippen LogP contribution in [0.15, 0.2) is 12.1 Å². The Labute approximate surface area is 144 Å². The van der Waals surface area contributed by atoms with Crippen molar-refractivity contribution < 1.29 is 23.7 Å². The van der Waals surface area contributed by atoms with E-state index in [0.29, 0.717) is 0 Å². The number of methoxy groups -OCH3 is 1. The predicted octanol–water partition coefficient (Wildman–Crippen LogP) is 2.56. The van der Waals surface area contributed by atoms with Crippen LogP contribution < -0.4 is 29.0 Å². The van der Waals surface area contributed by atoms with Gasteiger partial charge in [0.15, 0.2) is 23.0 Å². The van der Waals surface area contributed by atoms with E-state index in [1.165, 1.54) is 16.7 Å². The first-order valence-electron chi connectivity index (χ1n) is 8.53. The Morgan fingerprint density at radius 3 is 2.72 bits per heavy atom. The fraction of sp³-hybridized carbons (Fsp3) is 0.368. The van der Waals surface area contributed by atoms with Crippen LogP contribution in [0.2, 0.25) is 0 Å². The van der Waals surface area contributed by atoms with Gasteiger partial charge in [-0.1, -0.05) is 0 Å². The molecule has 0 spiro atoms. The third-order valence-electron chi connectivity index (χ3n) is 5.52. The highest BCUT2D eigenvalue weighted by Crippen LogP contribution is 2.58. The second kappa shape index (κ2) is 4.73. The summed E-state index contributed by atoms with van der Waals surface area (Å²) in [5.74, 6) is 3.94. The summed E-state index contributed by atoms with van der Waals surface area (Å²) in [5, 5.41) is 3.64. The molecule has 6 heteroatoms. The highest BCUT2D eigenvalue weighted by molar-refractivity contribution is 5.87. The van der Waals surface area contributed by atoms with Crippen molar-refractivity contribution in [2.45, 2.75) is 18.9 Å². The Morgan fingerprint density at radius 2 is 1.84 bits per heavy atom. The molecule has 0 saturated heterocycles. The van der Waals surface area contributed by atoms with Gasteiger partial charge in [-0.05, 0) is 48.2 Å². The van der Waals surface area contributed by atoms with E-state index in [2.05, 4.69) is 17.4 Å². The van der Waals surface area contributed by atoms with Crippen molar-refractivity contribution in [2.24, 2.45) is 0 Å². The Bertz CT molecular complexity index is 923. The lowest BCUT2D eigenvalue weighted by Gasteiger charge is -2.35. The molecule has 2 aromatic rings. The average Bonchev–Trinajstić information content (AvgIpc) is 3.28. The summed E-state index contributed by atoms with van der Waals surface area (Å²) in [6, 6.07) is 4.42. The molecule has 25 heavy (non-hydrogen) atoms.